The third kappa shape index (κ3) is 7.73. The molecule has 6 nitrogen and oxygen atoms in total. The fourth-order valence-corrected chi connectivity index (χ4v) is 1.94. The van der Waals surface area contributed by atoms with Crippen molar-refractivity contribution < 1.29 is 23.1 Å². The van der Waals surface area contributed by atoms with Gasteiger partial charge in [-0.15, -0.1) is 0 Å². The van der Waals surface area contributed by atoms with Crippen LogP contribution in [0.25, 0.3) is 0 Å². The summed E-state index contributed by atoms with van der Waals surface area (Å²) in [5.74, 6) is -1.84. The number of carboxylic acids is 1. The van der Waals surface area contributed by atoms with Crippen LogP contribution in [-0.2, 0) is 19.4 Å². The van der Waals surface area contributed by atoms with E-state index in [1.54, 1.807) is 0 Å². The maximum absolute atomic E-state index is 11.5. The molecule has 0 aromatic rings. The Morgan fingerprint density at radius 1 is 1.35 bits per heavy atom. The largest absolute Gasteiger partial charge is 0.481 e. The molecular weight excluding hydrogens is 246 g/mol. The Labute approximate surface area is 102 Å². The molecule has 0 fully saturated rings. The van der Waals surface area contributed by atoms with E-state index in [1.165, 1.54) is 18.9 Å². The van der Waals surface area contributed by atoms with Crippen LogP contribution in [0.15, 0.2) is 0 Å². The first-order valence-corrected chi connectivity index (χ1v) is 7.34. The molecule has 0 saturated heterocycles. The first kappa shape index (κ1) is 15.9. The normalized spacial score (nSPS) is 13.1. The zero-order valence-electron chi connectivity index (χ0n) is 10.3. The number of carboxylic acid groups (broad SMARTS) is 1. The van der Waals surface area contributed by atoms with E-state index in [0.29, 0.717) is 0 Å². The van der Waals surface area contributed by atoms with Crippen LogP contribution in [-0.4, -0.2) is 55.9 Å². The third-order valence-corrected chi connectivity index (χ3v) is 3.33. The lowest BCUT2D eigenvalue weighted by Crippen LogP contribution is -2.33. The predicted molar refractivity (Wildman–Crippen MR) is 63.4 cm³/mol. The summed E-state index contributed by atoms with van der Waals surface area (Å²) in [5.41, 5.74) is 0. The smallest absolute Gasteiger partial charge is 0.308 e. The van der Waals surface area contributed by atoms with Gasteiger partial charge < -0.3 is 10.0 Å². The number of sulfone groups is 1. The maximum Gasteiger partial charge on any atom is 0.308 e. The topological polar surface area (TPSA) is 91.8 Å². The molecule has 0 aliphatic rings. The van der Waals surface area contributed by atoms with E-state index in [0.717, 1.165) is 6.26 Å². The van der Waals surface area contributed by atoms with E-state index < -0.39 is 21.7 Å². The minimum absolute atomic E-state index is 0.0267. The highest BCUT2D eigenvalue weighted by molar-refractivity contribution is 7.90. The number of rotatable bonds is 7. The summed E-state index contributed by atoms with van der Waals surface area (Å²) >= 11 is 0. The first-order valence-electron chi connectivity index (χ1n) is 5.28. The number of aliphatic carboxylic acids is 1. The van der Waals surface area contributed by atoms with E-state index in [1.807, 2.05) is 0 Å². The van der Waals surface area contributed by atoms with Crippen LogP contribution in [0.4, 0.5) is 0 Å². The molecule has 0 aliphatic heterocycles. The quantitative estimate of drug-likeness (QED) is 0.699. The summed E-state index contributed by atoms with van der Waals surface area (Å²) < 4.78 is 21.7. The van der Waals surface area contributed by atoms with Crippen LogP contribution in [0, 0.1) is 5.92 Å². The molecule has 0 bridgehead atoms. The standard InChI is InChI=1S/C10H19NO5S/c1-8(10(13)14)7-11(2)9(12)5-4-6-17(3,15)16/h8H,4-7H2,1-3H3,(H,13,14). The number of amides is 1. The summed E-state index contributed by atoms with van der Waals surface area (Å²) in [5, 5.41) is 8.68. The number of hydrogen-bond acceptors (Lipinski definition) is 4. The van der Waals surface area contributed by atoms with Gasteiger partial charge in [0.15, 0.2) is 0 Å². The van der Waals surface area contributed by atoms with Crippen LogP contribution < -0.4 is 0 Å². The van der Waals surface area contributed by atoms with Crippen molar-refractivity contribution in [3.05, 3.63) is 0 Å². The molecule has 1 N–H and O–H groups in total. The second-order valence-corrected chi connectivity index (χ2v) is 6.51. The highest BCUT2D eigenvalue weighted by atomic mass is 32.2. The molecule has 0 rings (SSSR count). The monoisotopic (exact) mass is 265 g/mol. The van der Waals surface area contributed by atoms with Gasteiger partial charge in [-0.25, -0.2) is 8.42 Å². The van der Waals surface area contributed by atoms with Crippen molar-refractivity contribution in [2.45, 2.75) is 19.8 Å². The molecule has 7 heteroatoms. The Kier molecular flexibility index (Phi) is 6.15. The van der Waals surface area contributed by atoms with Crippen molar-refractivity contribution in [3.8, 4) is 0 Å². The van der Waals surface area contributed by atoms with Crippen LogP contribution in [0.5, 0.6) is 0 Å². The lowest BCUT2D eigenvalue weighted by Gasteiger charge is -2.19. The van der Waals surface area contributed by atoms with Gasteiger partial charge in [-0.3, -0.25) is 9.59 Å². The zero-order chi connectivity index (χ0) is 13.6. The second-order valence-electron chi connectivity index (χ2n) is 4.25. The van der Waals surface area contributed by atoms with Crippen molar-refractivity contribution in [2.24, 2.45) is 5.92 Å². The van der Waals surface area contributed by atoms with E-state index >= 15 is 0 Å². The summed E-state index contributed by atoms with van der Waals surface area (Å²) in [4.78, 5) is 23.4. The van der Waals surface area contributed by atoms with Gasteiger partial charge >= 0.3 is 5.97 Å². The average molecular weight is 265 g/mol. The first-order chi connectivity index (χ1) is 7.63. The maximum atomic E-state index is 11.5. The SMILES string of the molecule is CC(CN(C)C(=O)CCCS(C)(=O)=O)C(=O)O. The lowest BCUT2D eigenvalue weighted by molar-refractivity contribution is -0.142. The zero-order valence-corrected chi connectivity index (χ0v) is 11.2. The predicted octanol–water partition coefficient (Wildman–Crippen LogP) is -0.00970. The molecule has 17 heavy (non-hydrogen) atoms. The summed E-state index contributed by atoms with van der Waals surface area (Å²) in [6, 6.07) is 0. The van der Waals surface area contributed by atoms with Gasteiger partial charge in [0.25, 0.3) is 0 Å². The van der Waals surface area contributed by atoms with Gasteiger partial charge in [-0.2, -0.15) is 0 Å². The molecule has 1 atom stereocenters. The highest BCUT2D eigenvalue weighted by Crippen LogP contribution is 2.03. The summed E-state index contributed by atoms with van der Waals surface area (Å²) in [6.45, 7) is 1.65. The Hall–Kier alpha value is -1.11. The Balaban J connectivity index is 4.03. The fourth-order valence-electron chi connectivity index (χ4n) is 1.27. The Bertz CT molecular complexity index is 376. The van der Waals surface area contributed by atoms with Gasteiger partial charge in [-0.05, 0) is 6.42 Å². The minimum Gasteiger partial charge on any atom is -0.481 e. The van der Waals surface area contributed by atoms with Gasteiger partial charge in [-0.1, -0.05) is 6.92 Å². The molecule has 1 unspecified atom stereocenters. The van der Waals surface area contributed by atoms with Crippen molar-refractivity contribution in [1.82, 2.24) is 4.90 Å². The highest BCUT2D eigenvalue weighted by Gasteiger charge is 2.17. The molecule has 1 amide bonds. The Morgan fingerprint density at radius 3 is 2.29 bits per heavy atom. The van der Waals surface area contributed by atoms with Crippen molar-refractivity contribution in [1.29, 1.82) is 0 Å². The van der Waals surface area contributed by atoms with Gasteiger partial charge in [0.1, 0.15) is 9.84 Å². The summed E-state index contributed by atoms with van der Waals surface area (Å²) in [7, 11) is -1.53. The van der Waals surface area contributed by atoms with Crippen LogP contribution in [0.2, 0.25) is 0 Å². The molecule has 0 radical (unpaired) electrons. The Morgan fingerprint density at radius 2 is 1.88 bits per heavy atom. The van der Waals surface area contributed by atoms with Crippen LogP contribution >= 0.6 is 0 Å². The van der Waals surface area contributed by atoms with E-state index in [-0.39, 0.29) is 31.0 Å². The average Bonchev–Trinajstić information content (AvgIpc) is 2.15. The van der Waals surface area contributed by atoms with Crippen LogP contribution in [0.1, 0.15) is 19.8 Å². The van der Waals surface area contributed by atoms with Gasteiger partial charge in [0.2, 0.25) is 5.91 Å². The molecule has 0 aromatic carbocycles. The van der Waals surface area contributed by atoms with Crippen LogP contribution in [0.3, 0.4) is 0 Å². The number of carbonyl (C=O) groups is 2. The second kappa shape index (κ2) is 6.58. The molecule has 0 aliphatic carbocycles. The van der Waals surface area contributed by atoms with E-state index in [2.05, 4.69) is 0 Å². The third-order valence-electron chi connectivity index (χ3n) is 2.30. The van der Waals surface area contributed by atoms with Crippen molar-refractivity contribution >= 4 is 21.7 Å². The molecule has 100 valence electrons. The molecule has 0 spiro atoms. The van der Waals surface area contributed by atoms with E-state index in [9.17, 15) is 18.0 Å². The molecule has 0 aromatic heterocycles. The number of nitrogens with zero attached hydrogens (tertiary/aromatic N) is 1. The van der Waals surface area contributed by atoms with Gasteiger partial charge in [0.05, 0.1) is 11.7 Å². The summed E-state index contributed by atoms with van der Waals surface area (Å²) in [6.07, 6.45) is 1.51. The minimum atomic E-state index is -3.05. The fraction of sp³-hybridized carbons (Fsp3) is 0.800. The molecule has 0 saturated carbocycles. The lowest BCUT2D eigenvalue weighted by atomic mass is 10.1. The van der Waals surface area contributed by atoms with Gasteiger partial charge in [0, 0.05) is 26.3 Å². The number of hydrogen-bond donors (Lipinski definition) is 1. The van der Waals surface area contributed by atoms with Crippen molar-refractivity contribution in [2.75, 3.05) is 25.6 Å². The van der Waals surface area contributed by atoms with Crippen molar-refractivity contribution in [3.63, 3.8) is 0 Å². The van der Waals surface area contributed by atoms with E-state index in [4.69, 9.17) is 5.11 Å². The molecular formula is C10H19NO5S. The number of carbonyl (C=O) groups excluding carboxylic acids is 1. The molecule has 0 heterocycles.